The van der Waals surface area contributed by atoms with Gasteiger partial charge in [-0.15, -0.1) is 0 Å². The number of hydrogen-bond donors (Lipinski definition) is 2. The normalized spacial score (nSPS) is 11.6. The molecule has 0 radical (unpaired) electrons. The predicted octanol–water partition coefficient (Wildman–Crippen LogP) is 3.16. The highest BCUT2D eigenvalue weighted by molar-refractivity contribution is 5.85. The van der Waals surface area contributed by atoms with Gasteiger partial charge in [0.15, 0.2) is 0 Å². The Labute approximate surface area is 127 Å². The van der Waals surface area contributed by atoms with Gasteiger partial charge in [-0.2, -0.15) is 18.3 Å². The summed E-state index contributed by atoms with van der Waals surface area (Å²) in [7, 11) is 0. The molecule has 0 aliphatic rings. The molecule has 0 saturated heterocycles. The number of benzene rings is 1. The van der Waals surface area contributed by atoms with Gasteiger partial charge in [0.1, 0.15) is 5.82 Å². The molecule has 7 nitrogen and oxygen atoms in total. The first-order chi connectivity index (χ1) is 10.8. The second-order valence-electron chi connectivity index (χ2n) is 4.27. The van der Waals surface area contributed by atoms with Crippen molar-refractivity contribution in [2.75, 3.05) is 5.43 Å². The maximum atomic E-state index is 12.4. The zero-order chi connectivity index (χ0) is 17.0. The summed E-state index contributed by atoms with van der Waals surface area (Å²) in [5.74, 6) is -0.525. The van der Waals surface area contributed by atoms with Gasteiger partial charge >= 0.3 is 11.9 Å². The number of phenols is 1. The molecule has 10 heteroatoms. The molecule has 0 aliphatic carbocycles. The number of nitro groups is 1. The number of aromatic hydroxyl groups is 1. The van der Waals surface area contributed by atoms with Crippen molar-refractivity contribution in [3.8, 4) is 5.75 Å². The molecule has 0 amide bonds. The van der Waals surface area contributed by atoms with Crippen LogP contribution < -0.4 is 5.43 Å². The molecular weight excluding hydrogens is 317 g/mol. The minimum absolute atomic E-state index is 0.0409. The highest BCUT2D eigenvalue weighted by Crippen LogP contribution is 2.29. The largest absolute Gasteiger partial charge is 0.502 e. The molecule has 0 aliphatic heterocycles. The average molecular weight is 326 g/mol. The summed E-state index contributed by atoms with van der Waals surface area (Å²) in [4.78, 5) is 13.4. The number of nitro benzene ring substituents is 1. The highest BCUT2D eigenvalue weighted by atomic mass is 19.4. The minimum atomic E-state index is -4.48. The van der Waals surface area contributed by atoms with E-state index in [9.17, 15) is 28.4 Å². The van der Waals surface area contributed by atoms with Crippen LogP contribution in [0, 0.1) is 10.1 Å². The van der Waals surface area contributed by atoms with Gasteiger partial charge in [-0.25, -0.2) is 4.98 Å². The molecule has 0 spiro atoms. The number of para-hydroxylation sites is 1. The van der Waals surface area contributed by atoms with E-state index in [1.165, 1.54) is 12.1 Å². The van der Waals surface area contributed by atoms with E-state index in [1.807, 2.05) is 0 Å². The number of rotatable bonds is 4. The topological polar surface area (TPSA) is 101 Å². The Morgan fingerprint density at radius 2 is 2.04 bits per heavy atom. The van der Waals surface area contributed by atoms with Crippen LogP contribution in [0.15, 0.2) is 41.6 Å². The monoisotopic (exact) mass is 326 g/mol. The van der Waals surface area contributed by atoms with Crippen molar-refractivity contribution in [1.82, 2.24) is 4.98 Å². The molecule has 2 N–H and O–H groups in total. The Morgan fingerprint density at radius 3 is 2.61 bits per heavy atom. The molecule has 1 heterocycles. The van der Waals surface area contributed by atoms with Crippen LogP contribution in [0.1, 0.15) is 11.1 Å². The van der Waals surface area contributed by atoms with Crippen molar-refractivity contribution in [1.29, 1.82) is 0 Å². The zero-order valence-corrected chi connectivity index (χ0v) is 11.3. The van der Waals surface area contributed by atoms with Gasteiger partial charge in [0, 0.05) is 17.8 Å². The number of alkyl halides is 3. The Kier molecular flexibility index (Phi) is 4.44. The maximum absolute atomic E-state index is 12.4. The Hall–Kier alpha value is -3.17. The first kappa shape index (κ1) is 16.2. The average Bonchev–Trinajstić information content (AvgIpc) is 2.48. The molecule has 2 rings (SSSR count). The summed E-state index contributed by atoms with van der Waals surface area (Å²) in [5, 5.41) is 24.0. The smallest absolute Gasteiger partial charge is 0.417 e. The lowest BCUT2D eigenvalue weighted by molar-refractivity contribution is -0.385. The molecule has 23 heavy (non-hydrogen) atoms. The SMILES string of the molecule is O=[N+]([O-])c1cccc(/C=N\Nc2ccc(C(F)(F)F)cn2)c1O. The van der Waals surface area contributed by atoms with Gasteiger partial charge < -0.3 is 5.11 Å². The zero-order valence-electron chi connectivity index (χ0n) is 11.3. The van der Waals surface area contributed by atoms with Crippen LogP contribution in [0.2, 0.25) is 0 Å². The van der Waals surface area contributed by atoms with Crippen molar-refractivity contribution in [2.24, 2.45) is 5.10 Å². The van der Waals surface area contributed by atoms with E-state index in [0.29, 0.717) is 6.20 Å². The van der Waals surface area contributed by atoms with Crippen molar-refractivity contribution >= 4 is 17.7 Å². The van der Waals surface area contributed by atoms with Crippen LogP contribution in [0.3, 0.4) is 0 Å². The fourth-order valence-corrected chi connectivity index (χ4v) is 1.60. The van der Waals surface area contributed by atoms with Gasteiger partial charge in [-0.1, -0.05) is 6.07 Å². The van der Waals surface area contributed by atoms with Crippen molar-refractivity contribution in [3.05, 3.63) is 57.8 Å². The summed E-state index contributed by atoms with van der Waals surface area (Å²) in [5.41, 5.74) is 1.04. The van der Waals surface area contributed by atoms with E-state index in [4.69, 9.17) is 0 Å². The number of aromatic nitrogens is 1. The van der Waals surface area contributed by atoms with Gasteiger partial charge in [0.05, 0.1) is 16.7 Å². The number of halogens is 3. The second kappa shape index (κ2) is 6.30. The van der Waals surface area contributed by atoms with Crippen molar-refractivity contribution in [3.63, 3.8) is 0 Å². The third kappa shape index (κ3) is 3.93. The Bertz CT molecular complexity index is 745. The molecule has 0 saturated carbocycles. The Morgan fingerprint density at radius 1 is 1.30 bits per heavy atom. The van der Waals surface area contributed by atoms with Gasteiger partial charge in [-0.3, -0.25) is 15.5 Å². The van der Waals surface area contributed by atoms with Crippen LogP contribution >= 0.6 is 0 Å². The second-order valence-corrected chi connectivity index (χ2v) is 4.27. The van der Waals surface area contributed by atoms with E-state index >= 15 is 0 Å². The summed E-state index contributed by atoms with van der Waals surface area (Å²) in [6.45, 7) is 0. The lowest BCUT2D eigenvalue weighted by atomic mass is 10.2. The third-order valence-corrected chi connectivity index (χ3v) is 2.72. The molecule has 0 fully saturated rings. The minimum Gasteiger partial charge on any atom is -0.502 e. The number of phenolic OH excluding ortho intramolecular Hbond substituents is 1. The number of nitrogens with zero attached hydrogens (tertiary/aromatic N) is 3. The molecule has 0 bridgehead atoms. The lowest BCUT2D eigenvalue weighted by Crippen LogP contribution is -2.05. The van der Waals surface area contributed by atoms with Gasteiger partial charge in [-0.05, 0) is 18.2 Å². The molecule has 2 aromatic rings. The van der Waals surface area contributed by atoms with Crippen molar-refractivity contribution < 1.29 is 23.2 Å². The summed E-state index contributed by atoms with van der Waals surface area (Å²) in [6.07, 6.45) is -2.76. The van der Waals surface area contributed by atoms with Crippen LogP contribution in [0.5, 0.6) is 5.75 Å². The fraction of sp³-hybridized carbons (Fsp3) is 0.0769. The Balaban J connectivity index is 2.11. The number of pyridine rings is 1. The number of anilines is 1. The summed E-state index contributed by atoms with van der Waals surface area (Å²) < 4.78 is 37.1. The van der Waals surface area contributed by atoms with Crippen LogP contribution in [-0.2, 0) is 6.18 Å². The van der Waals surface area contributed by atoms with E-state index < -0.39 is 28.1 Å². The van der Waals surface area contributed by atoms with E-state index in [1.54, 1.807) is 0 Å². The van der Waals surface area contributed by atoms with Gasteiger partial charge in [0.2, 0.25) is 5.75 Å². The number of hydrogen-bond acceptors (Lipinski definition) is 6. The van der Waals surface area contributed by atoms with E-state index in [2.05, 4.69) is 15.5 Å². The van der Waals surface area contributed by atoms with E-state index in [-0.39, 0.29) is 11.4 Å². The quantitative estimate of drug-likeness (QED) is 0.510. The first-order valence-corrected chi connectivity index (χ1v) is 6.07. The highest BCUT2D eigenvalue weighted by Gasteiger charge is 2.30. The first-order valence-electron chi connectivity index (χ1n) is 6.07. The maximum Gasteiger partial charge on any atom is 0.417 e. The van der Waals surface area contributed by atoms with Crippen LogP contribution in [0.4, 0.5) is 24.7 Å². The summed E-state index contributed by atoms with van der Waals surface area (Å²) >= 11 is 0. The fourth-order valence-electron chi connectivity index (χ4n) is 1.60. The van der Waals surface area contributed by atoms with Crippen LogP contribution in [0.25, 0.3) is 0 Å². The predicted molar refractivity (Wildman–Crippen MR) is 75.2 cm³/mol. The standard InChI is InChI=1S/C13H9F3N4O3/c14-13(15,16)9-4-5-11(17-7-9)19-18-6-8-2-1-3-10(12(8)21)20(22)23/h1-7,21H,(H,17,19)/b18-6-. The molecule has 0 unspecified atom stereocenters. The van der Waals surface area contributed by atoms with Gasteiger partial charge in [0.25, 0.3) is 0 Å². The molecule has 0 atom stereocenters. The molecule has 1 aromatic carbocycles. The lowest BCUT2D eigenvalue weighted by Gasteiger charge is -2.06. The molecule has 120 valence electrons. The van der Waals surface area contributed by atoms with Crippen molar-refractivity contribution in [2.45, 2.75) is 6.18 Å². The molecular formula is C13H9F3N4O3. The third-order valence-electron chi connectivity index (χ3n) is 2.72. The summed E-state index contributed by atoms with van der Waals surface area (Å²) in [6, 6.07) is 5.77. The van der Waals surface area contributed by atoms with E-state index in [0.717, 1.165) is 24.4 Å². The number of nitrogens with one attached hydrogen (secondary N) is 1. The molecule has 1 aromatic heterocycles. The van der Waals surface area contributed by atoms with Crippen LogP contribution in [-0.4, -0.2) is 21.2 Å². The number of hydrazone groups is 1.